The number of nitriles is 1. The lowest BCUT2D eigenvalue weighted by atomic mass is 9.86. The molecule has 0 unspecified atom stereocenters. The van der Waals surface area contributed by atoms with Crippen LogP contribution in [0.5, 0.6) is 0 Å². The Morgan fingerprint density at radius 2 is 1.52 bits per heavy atom. The molecule has 0 saturated heterocycles. The summed E-state index contributed by atoms with van der Waals surface area (Å²) in [6, 6.07) is 31.5. The third kappa shape index (κ3) is 5.36. The molecule has 0 amide bonds. The van der Waals surface area contributed by atoms with Gasteiger partial charge in [-0.3, -0.25) is 0 Å². The summed E-state index contributed by atoms with van der Waals surface area (Å²) < 4.78 is 9.52. The molecular formula is C28H26BrN2OSi. The maximum atomic E-state index is 9.67. The minimum absolute atomic E-state index is 0.00918. The van der Waals surface area contributed by atoms with Gasteiger partial charge < -0.3 is 8.99 Å². The van der Waals surface area contributed by atoms with Gasteiger partial charge in [0.2, 0.25) is 0 Å². The Hall–Kier alpha value is -2.91. The molecule has 0 aliphatic carbocycles. The van der Waals surface area contributed by atoms with E-state index in [4.69, 9.17) is 4.43 Å². The van der Waals surface area contributed by atoms with Crippen LogP contribution in [0, 0.1) is 11.3 Å². The van der Waals surface area contributed by atoms with E-state index in [2.05, 4.69) is 110 Å². The second kappa shape index (κ2) is 9.92. The molecule has 0 spiro atoms. The van der Waals surface area contributed by atoms with Crippen LogP contribution in [-0.4, -0.2) is 13.6 Å². The van der Waals surface area contributed by atoms with E-state index in [1.807, 2.05) is 29.0 Å². The van der Waals surface area contributed by atoms with Crippen molar-refractivity contribution in [3.8, 4) is 11.8 Å². The Labute approximate surface area is 206 Å². The van der Waals surface area contributed by atoms with Gasteiger partial charge in [-0.05, 0) is 49.4 Å². The topological polar surface area (TPSA) is 38.0 Å². The van der Waals surface area contributed by atoms with Crippen LogP contribution in [0.1, 0.15) is 37.6 Å². The highest BCUT2D eigenvalue weighted by molar-refractivity contribution is 9.10. The average Bonchev–Trinajstić information content (AvgIpc) is 3.20. The molecule has 4 rings (SSSR count). The number of hydrogen-bond acceptors (Lipinski definition) is 2. The standard InChI is InChI=1S/C28H26BrN2OSi/c1-28(2,3)22-14-15-27(31-19-23(29)17-24(31)18-30)21(16-22)20-32-33(25-10-6-4-7-11-25)26-12-8-5-9-13-26/h4-17,19H,20H2,1-3H3. The van der Waals surface area contributed by atoms with E-state index in [-0.39, 0.29) is 5.41 Å². The zero-order valence-electron chi connectivity index (χ0n) is 19.0. The summed E-state index contributed by atoms with van der Waals surface area (Å²) in [5.74, 6) is 0. The zero-order valence-corrected chi connectivity index (χ0v) is 21.6. The molecule has 0 N–H and O–H groups in total. The lowest BCUT2D eigenvalue weighted by Crippen LogP contribution is -2.44. The normalized spacial score (nSPS) is 11.5. The largest absolute Gasteiger partial charge is 0.403 e. The molecule has 165 valence electrons. The molecule has 5 heteroatoms. The maximum absolute atomic E-state index is 9.67. The predicted octanol–water partition coefficient (Wildman–Crippen LogP) is 5.73. The van der Waals surface area contributed by atoms with Crippen LogP contribution in [-0.2, 0) is 16.4 Å². The third-order valence-corrected chi connectivity index (χ3v) is 8.13. The van der Waals surface area contributed by atoms with Gasteiger partial charge >= 0.3 is 0 Å². The van der Waals surface area contributed by atoms with Gasteiger partial charge in [-0.25, -0.2) is 0 Å². The highest BCUT2D eigenvalue weighted by Gasteiger charge is 2.22. The van der Waals surface area contributed by atoms with E-state index in [9.17, 15) is 5.26 Å². The van der Waals surface area contributed by atoms with Gasteiger partial charge in [-0.2, -0.15) is 5.26 Å². The van der Waals surface area contributed by atoms with Crippen molar-refractivity contribution in [1.29, 1.82) is 5.26 Å². The SMILES string of the molecule is CC(C)(C)c1ccc(-n2cc(Br)cc2C#N)c(CO[Si](c2ccccc2)c2ccccc2)c1. The van der Waals surface area contributed by atoms with E-state index < -0.39 is 9.04 Å². The van der Waals surface area contributed by atoms with Crippen molar-refractivity contribution in [3.05, 3.63) is 112 Å². The van der Waals surface area contributed by atoms with Crippen molar-refractivity contribution in [2.75, 3.05) is 0 Å². The van der Waals surface area contributed by atoms with Gasteiger partial charge in [0.25, 0.3) is 9.04 Å². The summed E-state index contributed by atoms with van der Waals surface area (Å²) in [6.07, 6.45) is 1.94. The first-order valence-electron chi connectivity index (χ1n) is 10.9. The van der Waals surface area contributed by atoms with Gasteiger partial charge in [0.15, 0.2) is 0 Å². The first-order chi connectivity index (χ1) is 15.9. The quantitative estimate of drug-likeness (QED) is 0.308. The number of benzene rings is 3. The molecule has 0 aliphatic rings. The second-order valence-corrected chi connectivity index (χ2v) is 12.0. The monoisotopic (exact) mass is 513 g/mol. The summed E-state index contributed by atoms with van der Waals surface area (Å²) in [7, 11) is -1.44. The smallest absolute Gasteiger partial charge is 0.283 e. The molecule has 4 aromatic rings. The minimum atomic E-state index is -1.44. The summed E-state index contributed by atoms with van der Waals surface area (Å²) in [6.45, 7) is 7.09. The lowest BCUT2D eigenvalue weighted by molar-refractivity contribution is 0.321. The van der Waals surface area contributed by atoms with E-state index >= 15 is 0 Å². The van der Waals surface area contributed by atoms with Crippen LogP contribution in [0.3, 0.4) is 0 Å². The van der Waals surface area contributed by atoms with Crippen molar-refractivity contribution in [2.45, 2.75) is 32.8 Å². The summed E-state index contributed by atoms with van der Waals surface area (Å²) >= 11 is 3.52. The first kappa shape index (κ1) is 23.3. The molecule has 33 heavy (non-hydrogen) atoms. The Bertz CT molecular complexity index is 1230. The van der Waals surface area contributed by atoms with Crippen LogP contribution in [0.4, 0.5) is 0 Å². The molecular weight excluding hydrogens is 488 g/mol. The number of nitrogens with zero attached hydrogens (tertiary/aromatic N) is 2. The Morgan fingerprint density at radius 3 is 2.06 bits per heavy atom. The maximum Gasteiger partial charge on any atom is 0.283 e. The molecule has 1 heterocycles. The van der Waals surface area contributed by atoms with Crippen LogP contribution >= 0.6 is 15.9 Å². The van der Waals surface area contributed by atoms with Gasteiger partial charge in [-0.1, -0.05) is 93.6 Å². The highest BCUT2D eigenvalue weighted by atomic mass is 79.9. The minimum Gasteiger partial charge on any atom is -0.403 e. The number of hydrogen-bond donors (Lipinski definition) is 0. The molecule has 3 nitrogen and oxygen atoms in total. The molecule has 1 radical (unpaired) electrons. The molecule has 0 atom stereocenters. The molecule has 0 bridgehead atoms. The highest BCUT2D eigenvalue weighted by Crippen LogP contribution is 2.29. The number of halogens is 1. The van der Waals surface area contributed by atoms with Crippen LogP contribution in [0.2, 0.25) is 0 Å². The van der Waals surface area contributed by atoms with Crippen molar-refractivity contribution in [2.24, 2.45) is 0 Å². The van der Waals surface area contributed by atoms with E-state index in [1.165, 1.54) is 15.9 Å². The number of rotatable bonds is 6. The van der Waals surface area contributed by atoms with E-state index in [0.29, 0.717) is 12.3 Å². The van der Waals surface area contributed by atoms with Crippen LogP contribution < -0.4 is 10.4 Å². The fourth-order valence-corrected chi connectivity index (χ4v) is 6.16. The third-order valence-electron chi connectivity index (χ3n) is 5.55. The fourth-order valence-electron chi connectivity index (χ4n) is 3.78. The molecule has 0 fully saturated rings. The Balaban J connectivity index is 1.76. The molecule has 1 aromatic heterocycles. The van der Waals surface area contributed by atoms with Gasteiger partial charge in [0.05, 0.1) is 12.3 Å². The zero-order chi connectivity index (χ0) is 23.4. The van der Waals surface area contributed by atoms with Crippen LogP contribution in [0.15, 0.2) is 95.6 Å². The molecule has 3 aromatic carbocycles. The predicted molar refractivity (Wildman–Crippen MR) is 140 cm³/mol. The number of aromatic nitrogens is 1. The fraction of sp³-hybridized carbons (Fsp3) is 0.179. The summed E-state index contributed by atoms with van der Waals surface area (Å²) in [5.41, 5.74) is 3.87. The average molecular weight is 515 g/mol. The van der Waals surface area contributed by atoms with Gasteiger partial charge in [-0.15, -0.1) is 0 Å². The van der Waals surface area contributed by atoms with Crippen molar-refractivity contribution in [3.63, 3.8) is 0 Å². The first-order valence-corrected chi connectivity index (χ1v) is 13.1. The summed E-state index contributed by atoms with van der Waals surface area (Å²) in [5, 5.41) is 12.1. The summed E-state index contributed by atoms with van der Waals surface area (Å²) in [4.78, 5) is 0. The van der Waals surface area contributed by atoms with Gasteiger partial charge in [0, 0.05) is 16.2 Å². The van der Waals surface area contributed by atoms with Gasteiger partial charge in [0.1, 0.15) is 11.8 Å². The van der Waals surface area contributed by atoms with Crippen molar-refractivity contribution >= 4 is 35.3 Å². The Kier molecular flexibility index (Phi) is 6.99. The van der Waals surface area contributed by atoms with Crippen molar-refractivity contribution in [1.82, 2.24) is 4.57 Å². The second-order valence-electron chi connectivity index (χ2n) is 8.97. The van der Waals surface area contributed by atoms with Crippen molar-refractivity contribution < 1.29 is 4.43 Å². The lowest BCUT2D eigenvalue weighted by Gasteiger charge is -2.23. The van der Waals surface area contributed by atoms with Crippen LogP contribution in [0.25, 0.3) is 5.69 Å². The Morgan fingerprint density at radius 1 is 0.909 bits per heavy atom. The molecule has 0 saturated carbocycles. The van der Waals surface area contributed by atoms with E-state index in [1.54, 1.807) is 0 Å². The molecule has 0 aliphatic heterocycles. The van der Waals surface area contributed by atoms with E-state index in [0.717, 1.165) is 15.7 Å².